The van der Waals surface area contributed by atoms with Gasteiger partial charge in [-0.15, -0.1) is 0 Å². The van der Waals surface area contributed by atoms with Gasteiger partial charge in [-0.25, -0.2) is 4.57 Å². The van der Waals surface area contributed by atoms with Gasteiger partial charge in [0.2, 0.25) is 0 Å². The molecule has 10 nitrogen and oxygen atoms in total. The van der Waals surface area contributed by atoms with Gasteiger partial charge in [-0.1, -0.05) is 154 Å². The molecule has 304 valence electrons. The lowest BCUT2D eigenvalue weighted by molar-refractivity contribution is -0.166. The molecule has 11 heteroatoms. The van der Waals surface area contributed by atoms with Gasteiger partial charge in [0.05, 0.1) is 26.4 Å². The minimum Gasteiger partial charge on any atom is -0.457 e. The average molecular weight is 751 g/mol. The summed E-state index contributed by atoms with van der Waals surface area (Å²) in [7, 11) is -4.59. The molecule has 0 heterocycles. The highest BCUT2D eigenvalue weighted by Gasteiger charge is 2.27. The molecule has 0 amide bonds. The predicted molar refractivity (Wildman–Crippen MR) is 206 cm³/mol. The zero-order chi connectivity index (χ0) is 37.7. The molecule has 0 spiro atoms. The predicted octanol–water partition coefficient (Wildman–Crippen LogP) is 10.2. The number of hydrogen-bond donors (Lipinski definition) is 4. The molecule has 0 saturated carbocycles. The van der Waals surface area contributed by atoms with Crippen LogP contribution in [0, 0.1) is 0 Å². The number of aliphatic hydroxyl groups is 3. The summed E-state index contributed by atoms with van der Waals surface area (Å²) in [5, 5.41) is 28.7. The standard InChI is InChI=1S/C40H79O10P/c1-3-5-7-9-11-13-15-17-18-20-22-24-26-28-30-32-40(44)50-38(36-49-51(45,46)48-34-37(42)33-41)35-47-39(43)31-29-27-25-23-21-19-16-14-12-10-8-6-4-2/h13,15,37-39,41-43H,3-12,14,16-36H2,1-2H3,(H,45,46)/b15-13-/t37-,38+,39?/m0/s1. The molecule has 4 N–H and O–H groups in total. The summed E-state index contributed by atoms with van der Waals surface area (Å²) in [6, 6.07) is 0. The van der Waals surface area contributed by atoms with Crippen LogP contribution in [0.4, 0.5) is 0 Å². The number of hydrogen-bond acceptors (Lipinski definition) is 9. The number of rotatable bonds is 40. The summed E-state index contributed by atoms with van der Waals surface area (Å²) in [5.41, 5.74) is 0. The lowest BCUT2D eigenvalue weighted by atomic mass is 10.0. The summed E-state index contributed by atoms with van der Waals surface area (Å²) >= 11 is 0. The van der Waals surface area contributed by atoms with E-state index < -0.39 is 52.1 Å². The summed E-state index contributed by atoms with van der Waals surface area (Å²) in [6.07, 6.45) is 32.8. The van der Waals surface area contributed by atoms with E-state index in [9.17, 15) is 24.5 Å². The largest absolute Gasteiger partial charge is 0.472 e. The number of phosphoric ester groups is 1. The molecule has 0 aliphatic heterocycles. The maximum atomic E-state index is 12.6. The van der Waals surface area contributed by atoms with Crippen molar-refractivity contribution in [1.29, 1.82) is 0 Å². The molecule has 2 unspecified atom stereocenters. The van der Waals surface area contributed by atoms with Crippen molar-refractivity contribution in [3.8, 4) is 0 Å². The van der Waals surface area contributed by atoms with Gasteiger partial charge in [0.25, 0.3) is 0 Å². The third-order valence-corrected chi connectivity index (χ3v) is 9.99. The number of aliphatic hydroxyl groups excluding tert-OH is 3. The summed E-state index contributed by atoms with van der Waals surface area (Å²) in [4.78, 5) is 22.5. The fourth-order valence-corrected chi connectivity index (χ4v) is 6.58. The van der Waals surface area contributed by atoms with Crippen molar-refractivity contribution < 1.29 is 48.1 Å². The number of allylic oxidation sites excluding steroid dienone is 2. The third-order valence-electron chi connectivity index (χ3n) is 9.03. The van der Waals surface area contributed by atoms with Crippen LogP contribution >= 0.6 is 7.82 Å². The number of unbranched alkanes of at least 4 members (excludes halogenated alkanes) is 23. The molecule has 0 saturated heterocycles. The molecule has 0 bridgehead atoms. The minimum atomic E-state index is -4.59. The molecule has 0 aromatic rings. The van der Waals surface area contributed by atoms with Crippen molar-refractivity contribution in [2.24, 2.45) is 0 Å². The topological polar surface area (TPSA) is 152 Å². The molecule has 0 aliphatic carbocycles. The Labute approximate surface area is 312 Å². The van der Waals surface area contributed by atoms with Crippen molar-refractivity contribution in [1.82, 2.24) is 0 Å². The first-order chi connectivity index (χ1) is 24.7. The number of esters is 1. The smallest absolute Gasteiger partial charge is 0.457 e. The Hall–Kier alpha value is -0.840. The Kier molecular flexibility index (Phi) is 36.9. The van der Waals surface area contributed by atoms with Crippen LogP contribution in [0.2, 0.25) is 0 Å². The number of carbonyl (C=O) groups is 1. The second-order valence-corrected chi connectivity index (χ2v) is 15.6. The third kappa shape index (κ3) is 37.3. The van der Waals surface area contributed by atoms with Crippen LogP contribution in [0.3, 0.4) is 0 Å². The first kappa shape index (κ1) is 50.2. The van der Waals surface area contributed by atoms with Crippen molar-refractivity contribution in [3.05, 3.63) is 12.2 Å². The van der Waals surface area contributed by atoms with Crippen molar-refractivity contribution in [2.45, 2.75) is 212 Å². The van der Waals surface area contributed by atoms with Gasteiger partial charge in [-0.3, -0.25) is 13.8 Å². The Bertz CT molecular complexity index is 827. The molecule has 0 aromatic heterocycles. The van der Waals surface area contributed by atoms with E-state index in [2.05, 4.69) is 26.0 Å². The van der Waals surface area contributed by atoms with Crippen LogP contribution in [0.5, 0.6) is 0 Å². The molecular formula is C40H79O10P. The monoisotopic (exact) mass is 751 g/mol. The van der Waals surface area contributed by atoms with Gasteiger partial charge in [0.1, 0.15) is 12.2 Å². The highest BCUT2D eigenvalue weighted by atomic mass is 31.2. The number of carbonyl (C=O) groups excluding carboxylic acids is 1. The second kappa shape index (κ2) is 37.5. The summed E-state index contributed by atoms with van der Waals surface area (Å²) in [6.45, 7) is 2.54. The van der Waals surface area contributed by atoms with Crippen molar-refractivity contribution in [3.63, 3.8) is 0 Å². The molecule has 0 rings (SSSR count). The van der Waals surface area contributed by atoms with E-state index in [1.807, 2.05) is 0 Å². The molecule has 0 aromatic carbocycles. The van der Waals surface area contributed by atoms with Gasteiger partial charge < -0.3 is 29.7 Å². The molecule has 0 radical (unpaired) electrons. The van der Waals surface area contributed by atoms with Gasteiger partial charge in [-0.05, 0) is 44.9 Å². The highest BCUT2D eigenvalue weighted by molar-refractivity contribution is 7.47. The van der Waals surface area contributed by atoms with Crippen LogP contribution in [-0.2, 0) is 27.9 Å². The van der Waals surface area contributed by atoms with Crippen LogP contribution in [0.25, 0.3) is 0 Å². The normalized spacial score (nSPS) is 14.9. The lowest BCUT2D eigenvalue weighted by Gasteiger charge is -2.22. The van der Waals surface area contributed by atoms with Crippen LogP contribution in [0.15, 0.2) is 12.2 Å². The zero-order valence-electron chi connectivity index (χ0n) is 32.7. The Morgan fingerprint density at radius 1 is 0.608 bits per heavy atom. The quantitative estimate of drug-likeness (QED) is 0.0157. The average Bonchev–Trinajstić information content (AvgIpc) is 3.12. The lowest BCUT2D eigenvalue weighted by Crippen LogP contribution is -2.30. The molecule has 0 fully saturated rings. The fraction of sp³-hybridized carbons (Fsp3) is 0.925. The van der Waals surface area contributed by atoms with Crippen LogP contribution < -0.4 is 0 Å². The van der Waals surface area contributed by atoms with Gasteiger partial charge in [0, 0.05) is 6.42 Å². The Balaban J connectivity index is 4.30. The van der Waals surface area contributed by atoms with Crippen molar-refractivity contribution in [2.75, 3.05) is 26.4 Å². The van der Waals surface area contributed by atoms with Crippen LogP contribution in [0.1, 0.15) is 194 Å². The summed E-state index contributed by atoms with van der Waals surface area (Å²) in [5.74, 6) is -0.468. The van der Waals surface area contributed by atoms with Gasteiger partial charge in [-0.2, -0.15) is 0 Å². The molecular weight excluding hydrogens is 671 g/mol. The van der Waals surface area contributed by atoms with E-state index >= 15 is 0 Å². The number of ether oxygens (including phenoxy) is 2. The van der Waals surface area contributed by atoms with E-state index in [1.54, 1.807) is 0 Å². The highest BCUT2D eigenvalue weighted by Crippen LogP contribution is 2.43. The SMILES string of the molecule is CCCCCC/C=C\CCCCCCCCCC(=O)O[C@H](COC(O)CCCCCCCCCCCCCCC)COP(=O)(O)OC[C@@H](O)CO. The number of phosphoric acid groups is 1. The maximum Gasteiger partial charge on any atom is 0.472 e. The van der Waals surface area contributed by atoms with E-state index in [-0.39, 0.29) is 13.0 Å². The van der Waals surface area contributed by atoms with E-state index in [1.165, 1.54) is 116 Å². The molecule has 0 aliphatic rings. The second-order valence-electron chi connectivity index (χ2n) is 14.2. The fourth-order valence-electron chi connectivity index (χ4n) is 5.79. The first-order valence-electron chi connectivity index (χ1n) is 20.8. The minimum absolute atomic E-state index is 0.205. The van der Waals surface area contributed by atoms with E-state index in [0.717, 1.165) is 44.9 Å². The summed E-state index contributed by atoms with van der Waals surface area (Å²) < 4.78 is 32.9. The maximum absolute atomic E-state index is 12.6. The van der Waals surface area contributed by atoms with Crippen LogP contribution in [-0.4, -0.2) is 71.1 Å². The van der Waals surface area contributed by atoms with Crippen molar-refractivity contribution >= 4 is 13.8 Å². The van der Waals surface area contributed by atoms with Gasteiger partial charge >= 0.3 is 13.8 Å². The Morgan fingerprint density at radius 2 is 1.04 bits per heavy atom. The van der Waals surface area contributed by atoms with Gasteiger partial charge in [0.15, 0.2) is 6.29 Å². The van der Waals surface area contributed by atoms with E-state index in [0.29, 0.717) is 12.8 Å². The zero-order valence-corrected chi connectivity index (χ0v) is 33.6. The molecule has 51 heavy (non-hydrogen) atoms. The van der Waals surface area contributed by atoms with E-state index in [4.69, 9.17) is 23.6 Å². The molecule has 4 atom stereocenters. The first-order valence-corrected chi connectivity index (χ1v) is 22.3. The Morgan fingerprint density at radius 3 is 1.55 bits per heavy atom.